The highest BCUT2D eigenvalue weighted by atomic mass is 127. The number of hydrogen-bond donors (Lipinski definition) is 0. The number of nitriles is 1. The third-order valence-electron chi connectivity index (χ3n) is 1.90. The lowest BCUT2D eigenvalue weighted by atomic mass is 10.1. The van der Waals surface area contributed by atoms with Crippen molar-refractivity contribution in [1.82, 2.24) is 0 Å². The van der Waals surface area contributed by atoms with Gasteiger partial charge in [-0.25, -0.2) is 4.79 Å². The van der Waals surface area contributed by atoms with Gasteiger partial charge in [-0.1, -0.05) is 0 Å². The Hall–Kier alpha value is -1.43. The van der Waals surface area contributed by atoms with Crippen molar-refractivity contribution in [2.24, 2.45) is 0 Å². The summed E-state index contributed by atoms with van der Waals surface area (Å²) >= 11 is 1.74. The molecule has 0 aliphatic carbocycles. The van der Waals surface area contributed by atoms with Gasteiger partial charge in [-0.2, -0.15) is 14.0 Å². The highest BCUT2D eigenvalue weighted by Crippen LogP contribution is 2.27. The van der Waals surface area contributed by atoms with Gasteiger partial charge in [-0.15, -0.1) is 0 Å². The second kappa shape index (κ2) is 6.49. The predicted molar refractivity (Wildman–Crippen MR) is 66.5 cm³/mol. The lowest BCUT2D eigenvalue weighted by Crippen LogP contribution is -2.09. The SMILES string of the molecule is CCOC(=O)c1cc(I)c(OC(F)F)cc1C#N. The molecule has 0 saturated heterocycles. The number of carbonyl (C=O) groups excluding carboxylic acids is 1. The number of nitrogens with zero attached hydrogens (tertiary/aromatic N) is 1. The largest absolute Gasteiger partial charge is 0.462 e. The molecule has 0 saturated carbocycles. The quantitative estimate of drug-likeness (QED) is 0.607. The molecule has 0 fully saturated rings. The molecule has 4 nitrogen and oxygen atoms in total. The molecule has 0 amide bonds. The van der Waals surface area contributed by atoms with Crippen LogP contribution in [0.2, 0.25) is 0 Å². The molecule has 18 heavy (non-hydrogen) atoms. The van der Waals surface area contributed by atoms with E-state index in [0.717, 1.165) is 6.07 Å². The average Bonchev–Trinajstić information content (AvgIpc) is 2.31. The molecule has 1 rings (SSSR count). The van der Waals surface area contributed by atoms with Crippen LogP contribution in [0.4, 0.5) is 8.78 Å². The predicted octanol–water partition coefficient (Wildman–Crippen LogP) is 2.94. The van der Waals surface area contributed by atoms with Gasteiger partial charge >= 0.3 is 12.6 Å². The number of ether oxygens (including phenoxy) is 2. The van der Waals surface area contributed by atoms with E-state index in [-0.39, 0.29) is 23.5 Å². The van der Waals surface area contributed by atoms with Crippen LogP contribution in [-0.2, 0) is 4.74 Å². The van der Waals surface area contributed by atoms with Crippen LogP contribution in [0.25, 0.3) is 0 Å². The second-order valence-corrected chi connectivity index (χ2v) is 4.20. The van der Waals surface area contributed by atoms with Crippen molar-refractivity contribution in [1.29, 1.82) is 5.26 Å². The van der Waals surface area contributed by atoms with E-state index < -0.39 is 12.6 Å². The Bertz CT molecular complexity index is 500. The second-order valence-electron chi connectivity index (χ2n) is 3.04. The van der Waals surface area contributed by atoms with E-state index in [4.69, 9.17) is 10.00 Å². The summed E-state index contributed by atoms with van der Waals surface area (Å²) < 4.78 is 33.5. The summed E-state index contributed by atoms with van der Waals surface area (Å²) in [5, 5.41) is 8.88. The fourth-order valence-corrected chi connectivity index (χ4v) is 1.80. The van der Waals surface area contributed by atoms with Crippen molar-refractivity contribution in [2.45, 2.75) is 13.5 Å². The summed E-state index contributed by atoms with van der Waals surface area (Å²) in [6, 6.07) is 4.13. The minimum atomic E-state index is -2.99. The molecule has 7 heteroatoms. The number of benzene rings is 1. The molecule has 0 unspecified atom stereocenters. The van der Waals surface area contributed by atoms with E-state index in [9.17, 15) is 13.6 Å². The number of hydrogen-bond acceptors (Lipinski definition) is 4. The van der Waals surface area contributed by atoms with Crippen molar-refractivity contribution in [3.63, 3.8) is 0 Å². The van der Waals surface area contributed by atoms with Gasteiger partial charge in [0.25, 0.3) is 0 Å². The van der Waals surface area contributed by atoms with Gasteiger partial charge in [0.1, 0.15) is 11.8 Å². The van der Waals surface area contributed by atoms with Crippen molar-refractivity contribution in [2.75, 3.05) is 6.61 Å². The minimum absolute atomic E-state index is 0.0327. The molecule has 0 heterocycles. The fourth-order valence-electron chi connectivity index (χ4n) is 1.21. The Morgan fingerprint density at radius 2 is 2.22 bits per heavy atom. The van der Waals surface area contributed by atoms with Crippen LogP contribution in [0.3, 0.4) is 0 Å². The first-order valence-corrected chi connectivity index (χ1v) is 5.93. The number of esters is 1. The molecule has 0 N–H and O–H groups in total. The maximum absolute atomic E-state index is 12.1. The summed E-state index contributed by atoms with van der Waals surface area (Å²) in [6.45, 7) is -1.20. The molecule has 0 atom stereocenters. The molecule has 0 aliphatic rings. The monoisotopic (exact) mass is 367 g/mol. The van der Waals surface area contributed by atoms with Crippen LogP contribution in [-0.4, -0.2) is 19.2 Å². The number of halogens is 3. The number of alkyl halides is 2. The van der Waals surface area contributed by atoms with E-state index in [1.54, 1.807) is 35.6 Å². The van der Waals surface area contributed by atoms with Gasteiger partial charge in [0.2, 0.25) is 0 Å². The van der Waals surface area contributed by atoms with Crippen LogP contribution in [0, 0.1) is 14.9 Å². The zero-order chi connectivity index (χ0) is 13.7. The van der Waals surface area contributed by atoms with Crippen molar-refractivity contribution >= 4 is 28.6 Å². The summed E-state index contributed by atoms with van der Waals surface area (Å²) in [7, 11) is 0. The zero-order valence-corrected chi connectivity index (χ0v) is 11.4. The first-order valence-electron chi connectivity index (χ1n) is 4.85. The highest BCUT2D eigenvalue weighted by molar-refractivity contribution is 14.1. The zero-order valence-electron chi connectivity index (χ0n) is 9.25. The van der Waals surface area contributed by atoms with Crippen LogP contribution >= 0.6 is 22.6 Å². The molecule has 1 aromatic rings. The van der Waals surface area contributed by atoms with E-state index in [0.29, 0.717) is 3.57 Å². The van der Waals surface area contributed by atoms with Crippen molar-refractivity contribution in [3.05, 3.63) is 26.8 Å². The lowest BCUT2D eigenvalue weighted by Gasteiger charge is -2.10. The first kappa shape index (κ1) is 14.6. The minimum Gasteiger partial charge on any atom is -0.462 e. The summed E-state index contributed by atoms with van der Waals surface area (Å²) in [5.74, 6) is -0.814. The lowest BCUT2D eigenvalue weighted by molar-refractivity contribution is -0.0504. The molecule has 96 valence electrons. The van der Waals surface area contributed by atoms with Crippen LogP contribution in [0.5, 0.6) is 5.75 Å². The third-order valence-corrected chi connectivity index (χ3v) is 2.75. The van der Waals surface area contributed by atoms with Gasteiger partial charge in [-0.3, -0.25) is 0 Å². The number of rotatable bonds is 4. The van der Waals surface area contributed by atoms with Gasteiger partial charge in [-0.05, 0) is 35.6 Å². The summed E-state index contributed by atoms with van der Waals surface area (Å²) in [5.41, 5.74) is -0.0325. The summed E-state index contributed by atoms with van der Waals surface area (Å²) in [6.07, 6.45) is 0. The molecule has 0 aromatic heterocycles. The van der Waals surface area contributed by atoms with Gasteiger partial charge in [0.05, 0.1) is 21.3 Å². The molecule has 1 aromatic carbocycles. The molecule has 0 bridgehead atoms. The van der Waals surface area contributed by atoms with Crippen LogP contribution in [0.15, 0.2) is 12.1 Å². The topological polar surface area (TPSA) is 59.3 Å². The first-order chi connectivity index (χ1) is 8.49. The third kappa shape index (κ3) is 3.53. The molecule has 0 aliphatic heterocycles. The van der Waals surface area contributed by atoms with E-state index >= 15 is 0 Å². The van der Waals surface area contributed by atoms with Gasteiger partial charge in [0.15, 0.2) is 0 Å². The summed E-state index contributed by atoms with van der Waals surface area (Å²) in [4.78, 5) is 11.5. The Balaban J connectivity index is 3.19. The van der Waals surface area contributed by atoms with Crippen molar-refractivity contribution < 1.29 is 23.0 Å². The smallest absolute Gasteiger partial charge is 0.387 e. The fraction of sp³-hybridized carbons (Fsp3) is 0.273. The molecule has 0 spiro atoms. The van der Waals surface area contributed by atoms with E-state index in [1.807, 2.05) is 0 Å². The van der Waals surface area contributed by atoms with E-state index in [1.165, 1.54) is 6.07 Å². The van der Waals surface area contributed by atoms with Gasteiger partial charge < -0.3 is 9.47 Å². The Morgan fingerprint density at radius 3 is 2.72 bits per heavy atom. The van der Waals surface area contributed by atoms with E-state index in [2.05, 4.69) is 4.74 Å². The standard InChI is InChI=1S/C11H8F2INO3/c1-2-17-10(16)7-4-8(14)9(18-11(12)13)3-6(7)5-15/h3-4,11H,2H2,1H3. The average molecular weight is 367 g/mol. The van der Waals surface area contributed by atoms with Crippen LogP contribution in [0.1, 0.15) is 22.8 Å². The normalized spacial score (nSPS) is 10.0. The Kier molecular flexibility index (Phi) is 5.27. The Morgan fingerprint density at radius 1 is 1.56 bits per heavy atom. The number of carbonyl (C=O) groups is 1. The van der Waals surface area contributed by atoms with Crippen molar-refractivity contribution in [3.8, 4) is 11.8 Å². The highest BCUT2D eigenvalue weighted by Gasteiger charge is 2.18. The molecular weight excluding hydrogens is 359 g/mol. The Labute approximate surface area is 116 Å². The van der Waals surface area contributed by atoms with Crippen LogP contribution < -0.4 is 4.74 Å². The maximum atomic E-state index is 12.1. The van der Waals surface area contributed by atoms with Gasteiger partial charge in [0, 0.05) is 6.07 Å². The molecule has 0 radical (unpaired) electrons. The maximum Gasteiger partial charge on any atom is 0.387 e. The molecular formula is C11H8F2INO3.